The third-order valence-electron chi connectivity index (χ3n) is 3.64. The molecule has 0 fully saturated rings. The summed E-state index contributed by atoms with van der Waals surface area (Å²) in [6.45, 7) is 2.11. The Hall–Kier alpha value is -1.65. The zero-order chi connectivity index (χ0) is 14.1. The van der Waals surface area contributed by atoms with Crippen molar-refractivity contribution >= 4 is 22.9 Å². The highest BCUT2D eigenvalue weighted by molar-refractivity contribution is 7.12. The zero-order valence-corrected chi connectivity index (χ0v) is 12.2. The second-order valence-electron chi connectivity index (χ2n) is 5.02. The Morgan fingerprint density at radius 2 is 2.15 bits per heavy atom. The van der Waals surface area contributed by atoms with Crippen LogP contribution in [0.3, 0.4) is 0 Å². The fraction of sp³-hybridized carbons (Fsp3) is 0.312. The molecular weight excluding hydrogens is 270 g/mol. The molecule has 4 heteroatoms. The highest BCUT2D eigenvalue weighted by Gasteiger charge is 2.18. The highest BCUT2D eigenvalue weighted by atomic mass is 32.1. The summed E-state index contributed by atoms with van der Waals surface area (Å²) in [6, 6.07) is 9.85. The molecule has 0 spiro atoms. The summed E-state index contributed by atoms with van der Waals surface area (Å²) < 4.78 is 0. The lowest BCUT2D eigenvalue weighted by molar-refractivity contribution is -0.116. The Morgan fingerprint density at radius 1 is 1.30 bits per heavy atom. The molecule has 1 amide bonds. The van der Waals surface area contributed by atoms with Gasteiger partial charge in [-0.25, -0.2) is 0 Å². The highest BCUT2D eigenvalue weighted by Crippen LogP contribution is 2.32. The third kappa shape index (κ3) is 2.49. The van der Waals surface area contributed by atoms with E-state index in [1.165, 1.54) is 4.88 Å². The number of carbonyl (C=O) groups is 1. The molecule has 20 heavy (non-hydrogen) atoms. The lowest BCUT2D eigenvalue weighted by atomic mass is 9.98. The normalized spacial score (nSPS) is 15.6. The minimum atomic E-state index is -0.580. The molecule has 2 N–H and O–H groups in total. The first-order chi connectivity index (χ1) is 9.67. The Bertz CT molecular complexity index is 648. The number of hydrogen-bond acceptors (Lipinski definition) is 3. The number of aliphatic hydroxyl groups excluding tert-OH is 1. The molecule has 2 aromatic rings. The zero-order valence-electron chi connectivity index (χ0n) is 11.3. The van der Waals surface area contributed by atoms with Gasteiger partial charge in [-0.05, 0) is 42.2 Å². The molecule has 0 bridgehead atoms. The molecule has 1 atom stereocenters. The number of carbonyl (C=O) groups excluding carboxylic acids is 1. The van der Waals surface area contributed by atoms with Crippen molar-refractivity contribution in [2.45, 2.75) is 32.3 Å². The molecular formula is C16H17NO2S. The molecule has 1 unspecified atom stereocenters. The van der Waals surface area contributed by atoms with Crippen LogP contribution in [0.4, 0.5) is 5.69 Å². The van der Waals surface area contributed by atoms with Crippen LogP contribution in [0.1, 0.15) is 40.3 Å². The average molecular weight is 287 g/mol. The van der Waals surface area contributed by atoms with Crippen molar-refractivity contribution in [2.75, 3.05) is 5.32 Å². The second-order valence-corrected chi connectivity index (χ2v) is 6.22. The number of aliphatic hydroxyl groups is 1. The SMILES string of the molecule is CCc1ccc(C(O)c2ccc3c(c2)CCC(=O)N3)s1. The summed E-state index contributed by atoms with van der Waals surface area (Å²) in [6.07, 6.45) is 1.68. The van der Waals surface area contributed by atoms with Gasteiger partial charge in [0.2, 0.25) is 5.91 Å². The maximum absolute atomic E-state index is 11.3. The number of thiophene rings is 1. The second kappa shape index (κ2) is 5.38. The van der Waals surface area contributed by atoms with E-state index >= 15 is 0 Å². The van der Waals surface area contributed by atoms with Crippen LogP contribution in [-0.2, 0) is 17.6 Å². The van der Waals surface area contributed by atoms with E-state index in [0.29, 0.717) is 6.42 Å². The van der Waals surface area contributed by atoms with Gasteiger partial charge in [-0.15, -0.1) is 11.3 Å². The molecule has 0 saturated heterocycles. The summed E-state index contributed by atoms with van der Waals surface area (Å²) in [5.74, 6) is 0.0663. The fourth-order valence-corrected chi connectivity index (χ4v) is 3.44. The monoisotopic (exact) mass is 287 g/mol. The van der Waals surface area contributed by atoms with Gasteiger partial charge >= 0.3 is 0 Å². The van der Waals surface area contributed by atoms with Crippen LogP contribution in [0, 0.1) is 0 Å². The van der Waals surface area contributed by atoms with E-state index in [1.54, 1.807) is 11.3 Å². The first-order valence-corrected chi connectivity index (χ1v) is 7.68. The van der Waals surface area contributed by atoms with Gasteiger partial charge in [0.1, 0.15) is 6.10 Å². The number of aryl methyl sites for hydroxylation is 2. The van der Waals surface area contributed by atoms with Crippen molar-refractivity contribution in [3.63, 3.8) is 0 Å². The topological polar surface area (TPSA) is 49.3 Å². The smallest absolute Gasteiger partial charge is 0.224 e. The predicted molar refractivity (Wildman–Crippen MR) is 81.2 cm³/mol. The van der Waals surface area contributed by atoms with Gasteiger partial charge in [0, 0.05) is 21.9 Å². The first-order valence-electron chi connectivity index (χ1n) is 6.86. The molecule has 1 aliphatic heterocycles. The van der Waals surface area contributed by atoms with Crippen molar-refractivity contribution < 1.29 is 9.90 Å². The summed E-state index contributed by atoms with van der Waals surface area (Å²) in [4.78, 5) is 13.6. The van der Waals surface area contributed by atoms with E-state index in [0.717, 1.165) is 34.5 Å². The molecule has 0 saturated carbocycles. The van der Waals surface area contributed by atoms with Crippen LogP contribution in [0.25, 0.3) is 0 Å². The van der Waals surface area contributed by atoms with Gasteiger partial charge in [-0.2, -0.15) is 0 Å². The molecule has 2 heterocycles. The van der Waals surface area contributed by atoms with E-state index < -0.39 is 6.10 Å². The van der Waals surface area contributed by atoms with Gasteiger partial charge in [-0.3, -0.25) is 4.79 Å². The van der Waals surface area contributed by atoms with Crippen molar-refractivity contribution in [1.29, 1.82) is 0 Å². The van der Waals surface area contributed by atoms with E-state index in [2.05, 4.69) is 18.3 Å². The molecule has 3 nitrogen and oxygen atoms in total. The first kappa shape index (κ1) is 13.3. The summed E-state index contributed by atoms with van der Waals surface area (Å²) >= 11 is 1.65. The number of rotatable bonds is 3. The quantitative estimate of drug-likeness (QED) is 0.910. The van der Waals surface area contributed by atoms with Gasteiger partial charge in [0.25, 0.3) is 0 Å². The van der Waals surface area contributed by atoms with Crippen molar-refractivity contribution in [2.24, 2.45) is 0 Å². The molecule has 0 radical (unpaired) electrons. The average Bonchev–Trinajstić information content (AvgIpc) is 2.95. The number of amides is 1. The Kier molecular flexibility index (Phi) is 3.59. The minimum absolute atomic E-state index is 0.0663. The van der Waals surface area contributed by atoms with Crippen LogP contribution in [-0.4, -0.2) is 11.0 Å². The molecule has 3 rings (SSSR count). The number of anilines is 1. The van der Waals surface area contributed by atoms with Crippen LogP contribution in [0.15, 0.2) is 30.3 Å². The Labute approximate surface area is 122 Å². The molecule has 1 aromatic heterocycles. The van der Waals surface area contributed by atoms with Crippen LogP contribution in [0.5, 0.6) is 0 Å². The Morgan fingerprint density at radius 3 is 2.90 bits per heavy atom. The van der Waals surface area contributed by atoms with Crippen molar-refractivity contribution in [1.82, 2.24) is 0 Å². The molecule has 1 aliphatic rings. The van der Waals surface area contributed by atoms with Crippen LogP contribution in [0.2, 0.25) is 0 Å². The van der Waals surface area contributed by atoms with E-state index in [4.69, 9.17) is 0 Å². The van der Waals surface area contributed by atoms with Crippen LogP contribution < -0.4 is 5.32 Å². The van der Waals surface area contributed by atoms with Gasteiger partial charge in [0.05, 0.1) is 0 Å². The maximum atomic E-state index is 11.3. The van der Waals surface area contributed by atoms with Crippen LogP contribution >= 0.6 is 11.3 Å². The Balaban J connectivity index is 1.88. The van der Waals surface area contributed by atoms with E-state index in [9.17, 15) is 9.90 Å². The molecule has 0 aliphatic carbocycles. The van der Waals surface area contributed by atoms with Crippen molar-refractivity contribution in [3.8, 4) is 0 Å². The standard InChI is InChI=1S/C16H17NO2S/c1-2-12-5-7-14(20-12)16(19)11-3-6-13-10(9-11)4-8-15(18)17-13/h3,5-7,9,16,19H,2,4,8H2,1H3,(H,17,18). The van der Waals surface area contributed by atoms with Gasteiger partial charge in [0.15, 0.2) is 0 Å². The fourth-order valence-electron chi connectivity index (χ4n) is 2.47. The summed E-state index contributed by atoms with van der Waals surface area (Å²) in [5, 5.41) is 13.3. The minimum Gasteiger partial charge on any atom is -0.383 e. The lowest BCUT2D eigenvalue weighted by Gasteiger charge is -2.19. The number of benzene rings is 1. The van der Waals surface area contributed by atoms with E-state index in [-0.39, 0.29) is 5.91 Å². The molecule has 1 aromatic carbocycles. The summed E-state index contributed by atoms with van der Waals surface area (Å²) in [5.41, 5.74) is 2.87. The number of fused-ring (bicyclic) bond motifs is 1. The largest absolute Gasteiger partial charge is 0.383 e. The van der Waals surface area contributed by atoms with Crippen molar-refractivity contribution in [3.05, 3.63) is 51.2 Å². The maximum Gasteiger partial charge on any atom is 0.224 e. The van der Waals surface area contributed by atoms with Gasteiger partial charge < -0.3 is 10.4 Å². The summed E-state index contributed by atoms with van der Waals surface area (Å²) in [7, 11) is 0. The number of hydrogen-bond donors (Lipinski definition) is 2. The predicted octanol–water partition coefficient (Wildman–Crippen LogP) is 3.28. The molecule has 104 valence electrons. The lowest BCUT2D eigenvalue weighted by Crippen LogP contribution is -2.19. The van der Waals surface area contributed by atoms with Gasteiger partial charge in [-0.1, -0.05) is 19.1 Å². The third-order valence-corrected chi connectivity index (χ3v) is 4.92. The number of nitrogens with one attached hydrogen (secondary N) is 1. The van der Waals surface area contributed by atoms with E-state index in [1.807, 2.05) is 24.3 Å².